The fourth-order valence-corrected chi connectivity index (χ4v) is 2.31. The molecule has 2 aromatic carbocycles. The Hall–Kier alpha value is -2.66. The molecule has 2 amide bonds. The van der Waals surface area contributed by atoms with E-state index in [0.717, 1.165) is 5.56 Å². The molecule has 0 bridgehead atoms. The van der Waals surface area contributed by atoms with Gasteiger partial charge in [-0.05, 0) is 43.8 Å². The average molecular weight is 325 g/mol. The molecular weight excluding hydrogens is 302 g/mol. The highest BCUT2D eigenvalue weighted by Crippen LogP contribution is 2.18. The van der Waals surface area contributed by atoms with Crippen molar-refractivity contribution in [3.8, 4) is 0 Å². The van der Waals surface area contributed by atoms with Gasteiger partial charge in [0.25, 0.3) is 5.91 Å². The van der Waals surface area contributed by atoms with Crippen molar-refractivity contribution in [2.75, 3.05) is 18.9 Å². The number of nitrogens with one attached hydrogen (secondary N) is 3. The largest absolute Gasteiger partial charge is 0.350 e. The summed E-state index contributed by atoms with van der Waals surface area (Å²) in [6.07, 6.45) is 0.436. The number of carbonyl (C=O) groups excluding carboxylic acids is 2. The maximum absolute atomic E-state index is 12.2. The van der Waals surface area contributed by atoms with Crippen LogP contribution in [0.2, 0.25) is 0 Å². The number of benzene rings is 2. The van der Waals surface area contributed by atoms with Crippen molar-refractivity contribution >= 4 is 17.5 Å². The smallest absolute Gasteiger partial charge is 0.255 e. The summed E-state index contributed by atoms with van der Waals surface area (Å²) in [4.78, 5) is 24.0. The van der Waals surface area contributed by atoms with Crippen LogP contribution in [0.25, 0.3) is 0 Å². The van der Waals surface area contributed by atoms with E-state index in [4.69, 9.17) is 0 Å². The molecule has 5 heteroatoms. The highest BCUT2D eigenvalue weighted by atomic mass is 16.2. The fourth-order valence-electron chi connectivity index (χ4n) is 2.31. The van der Waals surface area contributed by atoms with Crippen LogP contribution in [0.5, 0.6) is 0 Å². The first-order chi connectivity index (χ1) is 11.6. The van der Waals surface area contributed by atoms with Gasteiger partial charge < -0.3 is 16.0 Å². The summed E-state index contributed by atoms with van der Waals surface area (Å²) in [5.41, 5.74) is 2.26. The minimum atomic E-state index is -0.154. The van der Waals surface area contributed by atoms with Gasteiger partial charge in [-0.2, -0.15) is 0 Å². The Labute approximate surface area is 142 Å². The molecule has 24 heavy (non-hydrogen) atoms. The Kier molecular flexibility index (Phi) is 6.51. The summed E-state index contributed by atoms with van der Waals surface area (Å²) in [7, 11) is 1.82. The Bertz CT molecular complexity index is 686. The number of carbonyl (C=O) groups is 2. The topological polar surface area (TPSA) is 70.2 Å². The number of rotatable bonds is 7. The molecule has 126 valence electrons. The van der Waals surface area contributed by atoms with E-state index in [1.807, 2.05) is 56.4 Å². The Morgan fingerprint density at radius 1 is 1.04 bits per heavy atom. The molecule has 0 aliphatic carbocycles. The van der Waals surface area contributed by atoms with E-state index >= 15 is 0 Å². The first-order valence-electron chi connectivity index (χ1n) is 8.00. The van der Waals surface area contributed by atoms with Crippen molar-refractivity contribution in [2.24, 2.45) is 0 Å². The number of hydrogen-bond donors (Lipinski definition) is 3. The van der Waals surface area contributed by atoms with Gasteiger partial charge in [-0.25, -0.2) is 0 Å². The van der Waals surface area contributed by atoms with Gasteiger partial charge in [-0.3, -0.25) is 9.59 Å². The van der Waals surface area contributed by atoms with E-state index in [9.17, 15) is 9.59 Å². The predicted octanol–water partition coefficient (Wildman–Crippen LogP) is 2.73. The van der Waals surface area contributed by atoms with Crippen molar-refractivity contribution in [3.63, 3.8) is 0 Å². The van der Waals surface area contributed by atoms with Gasteiger partial charge in [0, 0.05) is 24.2 Å². The summed E-state index contributed by atoms with van der Waals surface area (Å²) in [6, 6.07) is 16.4. The standard InChI is InChI=1S/C19H23N3O2/c1-14(21-18(23)11-12-20-2)16-9-6-10-17(13-16)22-19(24)15-7-4-3-5-8-15/h3-10,13-14,20H,11-12H2,1-2H3,(H,21,23)(H,22,24). The molecule has 0 spiro atoms. The van der Waals surface area contributed by atoms with Gasteiger partial charge in [-0.1, -0.05) is 30.3 Å². The van der Waals surface area contributed by atoms with Gasteiger partial charge >= 0.3 is 0 Å². The predicted molar refractivity (Wildman–Crippen MR) is 95.9 cm³/mol. The molecule has 0 fully saturated rings. The molecule has 0 saturated heterocycles. The zero-order valence-corrected chi connectivity index (χ0v) is 14.0. The van der Waals surface area contributed by atoms with E-state index in [1.54, 1.807) is 12.1 Å². The summed E-state index contributed by atoms with van der Waals surface area (Å²) in [5, 5.41) is 8.78. The SMILES string of the molecule is CNCCC(=O)NC(C)c1cccc(NC(=O)c2ccccc2)c1. The minimum Gasteiger partial charge on any atom is -0.350 e. The molecule has 2 rings (SSSR count). The quantitative estimate of drug-likeness (QED) is 0.733. The van der Waals surface area contributed by atoms with Crippen molar-refractivity contribution in [1.29, 1.82) is 0 Å². The molecule has 1 atom stereocenters. The lowest BCUT2D eigenvalue weighted by Crippen LogP contribution is -2.29. The van der Waals surface area contributed by atoms with Gasteiger partial charge in [0.15, 0.2) is 0 Å². The highest BCUT2D eigenvalue weighted by molar-refractivity contribution is 6.04. The molecule has 0 radical (unpaired) electrons. The Balaban J connectivity index is 2.00. The lowest BCUT2D eigenvalue weighted by molar-refractivity contribution is -0.121. The zero-order valence-electron chi connectivity index (χ0n) is 14.0. The molecule has 0 aromatic heterocycles. The van der Waals surface area contributed by atoms with Crippen molar-refractivity contribution < 1.29 is 9.59 Å². The molecule has 0 aliphatic heterocycles. The van der Waals surface area contributed by atoms with Crippen LogP contribution in [0.3, 0.4) is 0 Å². The molecule has 5 nitrogen and oxygen atoms in total. The summed E-state index contributed by atoms with van der Waals surface area (Å²) < 4.78 is 0. The zero-order chi connectivity index (χ0) is 17.4. The lowest BCUT2D eigenvalue weighted by Gasteiger charge is -2.15. The molecule has 0 aliphatic rings. The fraction of sp³-hybridized carbons (Fsp3) is 0.263. The van der Waals surface area contributed by atoms with Crippen LogP contribution < -0.4 is 16.0 Å². The van der Waals surface area contributed by atoms with E-state index in [-0.39, 0.29) is 17.9 Å². The first kappa shape index (κ1) is 17.7. The van der Waals surface area contributed by atoms with E-state index in [0.29, 0.717) is 24.2 Å². The molecule has 0 saturated carbocycles. The second-order valence-electron chi connectivity index (χ2n) is 5.59. The third kappa shape index (κ3) is 5.21. The Morgan fingerprint density at radius 2 is 1.79 bits per heavy atom. The molecule has 0 heterocycles. The van der Waals surface area contributed by atoms with Crippen LogP contribution in [-0.2, 0) is 4.79 Å². The third-order valence-electron chi connectivity index (χ3n) is 3.66. The molecular formula is C19H23N3O2. The summed E-state index contributed by atoms with van der Waals surface area (Å²) in [5.74, 6) is -0.158. The van der Waals surface area contributed by atoms with Crippen LogP contribution in [0.4, 0.5) is 5.69 Å². The number of amides is 2. The van der Waals surface area contributed by atoms with Crippen LogP contribution in [-0.4, -0.2) is 25.4 Å². The highest BCUT2D eigenvalue weighted by Gasteiger charge is 2.11. The summed E-state index contributed by atoms with van der Waals surface area (Å²) >= 11 is 0. The van der Waals surface area contributed by atoms with E-state index in [2.05, 4.69) is 16.0 Å². The van der Waals surface area contributed by atoms with Crippen LogP contribution >= 0.6 is 0 Å². The van der Waals surface area contributed by atoms with Crippen LogP contribution in [0.1, 0.15) is 35.3 Å². The van der Waals surface area contributed by atoms with Gasteiger partial charge in [0.05, 0.1) is 6.04 Å². The van der Waals surface area contributed by atoms with E-state index < -0.39 is 0 Å². The monoisotopic (exact) mass is 325 g/mol. The average Bonchev–Trinajstić information content (AvgIpc) is 2.61. The Morgan fingerprint density at radius 3 is 2.50 bits per heavy atom. The van der Waals surface area contributed by atoms with Crippen LogP contribution in [0.15, 0.2) is 54.6 Å². The van der Waals surface area contributed by atoms with Crippen LogP contribution in [0, 0.1) is 0 Å². The lowest BCUT2D eigenvalue weighted by atomic mass is 10.1. The maximum Gasteiger partial charge on any atom is 0.255 e. The van der Waals surface area contributed by atoms with Gasteiger partial charge in [0.1, 0.15) is 0 Å². The van der Waals surface area contributed by atoms with Crippen molar-refractivity contribution in [3.05, 3.63) is 65.7 Å². The van der Waals surface area contributed by atoms with Gasteiger partial charge in [-0.15, -0.1) is 0 Å². The summed E-state index contributed by atoms with van der Waals surface area (Å²) in [6.45, 7) is 2.57. The second-order valence-corrected chi connectivity index (χ2v) is 5.59. The molecule has 3 N–H and O–H groups in total. The molecule has 2 aromatic rings. The van der Waals surface area contributed by atoms with Crippen molar-refractivity contribution in [2.45, 2.75) is 19.4 Å². The van der Waals surface area contributed by atoms with Gasteiger partial charge in [0.2, 0.25) is 5.91 Å². The van der Waals surface area contributed by atoms with Crippen molar-refractivity contribution in [1.82, 2.24) is 10.6 Å². The normalized spacial score (nSPS) is 11.6. The number of anilines is 1. The first-order valence-corrected chi connectivity index (χ1v) is 8.00. The third-order valence-corrected chi connectivity index (χ3v) is 3.66. The number of hydrogen-bond acceptors (Lipinski definition) is 3. The maximum atomic E-state index is 12.2. The van der Waals surface area contributed by atoms with E-state index in [1.165, 1.54) is 0 Å². The molecule has 1 unspecified atom stereocenters. The second kappa shape index (κ2) is 8.84. The minimum absolute atomic E-state index is 0.00410.